The number of rotatable bonds is 18. The molecule has 2 amide bonds. The molecule has 0 saturated carbocycles. The van der Waals surface area contributed by atoms with Crippen LogP contribution in [0.5, 0.6) is 11.5 Å². The van der Waals surface area contributed by atoms with E-state index in [0.717, 1.165) is 45.5 Å². The van der Waals surface area contributed by atoms with Gasteiger partial charge in [0.25, 0.3) is 0 Å². The van der Waals surface area contributed by atoms with Crippen LogP contribution in [-0.4, -0.2) is 76.9 Å². The number of amides is 2. The summed E-state index contributed by atoms with van der Waals surface area (Å²) in [5.41, 5.74) is 5.98. The molecule has 2 N–H and O–H groups in total. The van der Waals surface area contributed by atoms with E-state index in [1.807, 2.05) is 72.8 Å². The first-order chi connectivity index (χ1) is 25.9. The van der Waals surface area contributed by atoms with Crippen molar-refractivity contribution in [2.45, 2.75) is 5.41 Å². The maximum atomic E-state index is 11.9. The van der Waals surface area contributed by atoms with E-state index in [1.165, 1.54) is 0 Å². The minimum atomic E-state index is -0.646. The first-order valence-corrected chi connectivity index (χ1v) is 16.9. The van der Waals surface area contributed by atoms with Gasteiger partial charge in [0.15, 0.2) is 0 Å². The Labute approximate surface area is 307 Å². The SMILES string of the molecule is C=CC(=O)OCCNC(=O)OCCOc1ccc(C2(c3ccc(OCCOC(=O)NCCOC(=O)C=C)cc3)c3ccccc3-c3ccccc32)cc1. The van der Waals surface area contributed by atoms with Crippen LogP contribution in [0.2, 0.25) is 0 Å². The van der Waals surface area contributed by atoms with Crippen molar-refractivity contribution in [2.24, 2.45) is 0 Å². The van der Waals surface area contributed by atoms with Gasteiger partial charge in [0, 0.05) is 12.2 Å². The van der Waals surface area contributed by atoms with Crippen LogP contribution < -0.4 is 20.1 Å². The van der Waals surface area contributed by atoms with Crippen LogP contribution in [0.1, 0.15) is 22.3 Å². The zero-order chi connectivity index (χ0) is 37.5. The van der Waals surface area contributed by atoms with Crippen LogP contribution in [0, 0.1) is 0 Å². The van der Waals surface area contributed by atoms with Gasteiger partial charge in [0.05, 0.1) is 18.5 Å². The lowest BCUT2D eigenvalue weighted by atomic mass is 9.68. The molecule has 0 atom stereocenters. The zero-order valence-corrected chi connectivity index (χ0v) is 29.0. The van der Waals surface area contributed by atoms with Crippen LogP contribution in [-0.2, 0) is 34.0 Å². The fraction of sp³-hybridized carbons (Fsp3) is 0.220. The van der Waals surface area contributed by atoms with Gasteiger partial charge in [-0.25, -0.2) is 19.2 Å². The molecule has 0 aliphatic heterocycles. The Hall–Kier alpha value is -6.56. The molecule has 0 bridgehead atoms. The summed E-state index contributed by atoms with van der Waals surface area (Å²) in [6.07, 6.45) is 0.806. The molecule has 4 aromatic carbocycles. The predicted molar refractivity (Wildman–Crippen MR) is 196 cm³/mol. The molecule has 12 nitrogen and oxygen atoms in total. The molecule has 53 heavy (non-hydrogen) atoms. The molecule has 1 aliphatic carbocycles. The van der Waals surface area contributed by atoms with Gasteiger partial charge in [-0.05, 0) is 57.6 Å². The molecule has 0 fully saturated rings. The third-order valence-electron chi connectivity index (χ3n) is 8.26. The molecular formula is C41H40N2O10. The zero-order valence-electron chi connectivity index (χ0n) is 29.0. The van der Waals surface area contributed by atoms with E-state index in [2.05, 4.69) is 48.1 Å². The Kier molecular flexibility index (Phi) is 13.2. The van der Waals surface area contributed by atoms with Gasteiger partial charge in [-0.3, -0.25) is 0 Å². The highest BCUT2D eigenvalue weighted by atomic mass is 16.6. The van der Waals surface area contributed by atoms with Crippen LogP contribution in [0.3, 0.4) is 0 Å². The van der Waals surface area contributed by atoms with Gasteiger partial charge in [0.1, 0.15) is 51.1 Å². The van der Waals surface area contributed by atoms with Crippen molar-refractivity contribution in [3.63, 3.8) is 0 Å². The average molecular weight is 721 g/mol. The molecule has 0 saturated heterocycles. The fourth-order valence-corrected chi connectivity index (χ4v) is 6.04. The number of hydrogen-bond acceptors (Lipinski definition) is 10. The Morgan fingerprint density at radius 2 is 0.906 bits per heavy atom. The predicted octanol–water partition coefficient (Wildman–Crippen LogP) is 5.72. The van der Waals surface area contributed by atoms with Crippen molar-refractivity contribution >= 4 is 24.1 Å². The van der Waals surface area contributed by atoms with E-state index in [9.17, 15) is 19.2 Å². The molecule has 274 valence electrons. The van der Waals surface area contributed by atoms with E-state index in [1.54, 1.807) is 0 Å². The molecule has 12 heteroatoms. The smallest absolute Gasteiger partial charge is 0.407 e. The number of hydrogen-bond donors (Lipinski definition) is 2. The summed E-state index contributed by atoms with van der Waals surface area (Å²) in [4.78, 5) is 46.0. The van der Waals surface area contributed by atoms with Crippen molar-refractivity contribution in [1.29, 1.82) is 0 Å². The maximum Gasteiger partial charge on any atom is 0.407 e. The minimum Gasteiger partial charge on any atom is -0.490 e. The number of ether oxygens (including phenoxy) is 6. The molecule has 0 radical (unpaired) electrons. The molecule has 0 spiro atoms. The number of benzene rings is 4. The average Bonchev–Trinajstić information content (AvgIpc) is 3.49. The summed E-state index contributed by atoms with van der Waals surface area (Å²) in [5.74, 6) is 0.0877. The Morgan fingerprint density at radius 1 is 0.509 bits per heavy atom. The van der Waals surface area contributed by atoms with Crippen LogP contribution in [0.15, 0.2) is 122 Å². The van der Waals surface area contributed by atoms with Crippen molar-refractivity contribution in [1.82, 2.24) is 10.6 Å². The number of carbonyl (C=O) groups is 4. The summed E-state index contributed by atoms with van der Waals surface area (Å²) < 4.78 is 31.7. The molecule has 4 aromatic rings. The number of alkyl carbamates (subject to hydrolysis) is 2. The first-order valence-electron chi connectivity index (χ1n) is 16.9. The lowest BCUT2D eigenvalue weighted by molar-refractivity contribution is -0.138. The molecule has 5 rings (SSSR count). The van der Waals surface area contributed by atoms with Gasteiger partial charge >= 0.3 is 24.1 Å². The largest absolute Gasteiger partial charge is 0.490 e. The molecule has 1 aliphatic rings. The van der Waals surface area contributed by atoms with E-state index in [4.69, 9.17) is 28.4 Å². The second-order valence-corrected chi connectivity index (χ2v) is 11.5. The summed E-state index contributed by atoms with van der Waals surface area (Å²) in [6.45, 7) is 7.18. The van der Waals surface area contributed by atoms with Crippen molar-refractivity contribution in [3.05, 3.63) is 145 Å². The Balaban J connectivity index is 1.24. The van der Waals surface area contributed by atoms with Crippen LogP contribution in [0.4, 0.5) is 9.59 Å². The quantitative estimate of drug-likeness (QED) is 0.0499. The first kappa shape index (κ1) is 37.7. The highest BCUT2D eigenvalue weighted by molar-refractivity contribution is 5.86. The van der Waals surface area contributed by atoms with Gasteiger partial charge in [-0.1, -0.05) is 86.0 Å². The van der Waals surface area contributed by atoms with Crippen LogP contribution >= 0.6 is 0 Å². The molecular weight excluding hydrogens is 680 g/mol. The third-order valence-corrected chi connectivity index (χ3v) is 8.26. The molecule has 0 heterocycles. The van der Waals surface area contributed by atoms with E-state index < -0.39 is 29.5 Å². The highest BCUT2D eigenvalue weighted by Gasteiger charge is 2.45. The van der Waals surface area contributed by atoms with Gasteiger partial charge in [0.2, 0.25) is 0 Å². The van der Waals surface area contributed by atoms with E-state index in [-0.39, 0.29) is 52.7 Å². The topological polar surface area (TPSA) is 148 Å². The van der Waals surface area contributed by atoms with Gasteiger partial charge in [-0.2, -0.15) is 0 Å². The summed E-state index contributed by atoms with van der Waals surface area (Å²) in [7, 11) is 0. The van der Waals surface area contributed by atoms with Crippen molar-refractivity contribution in [2.75, 3.05) is 52.7 Å². The molecule has 0 unspecified atom stereocenters. The van der Waals surface area contributed by atoms with E-state index >= 15 is 0 Å². The highest BCUT2D eigenvalue weighted by Crippen LogP contribution is 2.56. The second-order valence-electron chi connectivity index (χ2n) is 11.5. The molecule has 0 aromatic heterocycles. The Morgan fingerprint density at radius 3 is 1.30 bits per heavy atom. The summed E-state index contributed by atoms with van der Waals surface area (Å²) in [5, 5.41) is 4.99. The number of carbonyl (C=O) groups excluding carboxylic acids is 4. The Bertz CT molecular complexity index is 1770. The standard InChI is InChI=1S/C41H40N2O10/c1-3-37(44)50-23-21-42-39(46)52-27-25-48-31-17-13-29(14-18-31)41(35-11-7-5-9-33(35)34-10-6-8-12-36(34)41)30-15-19-32(20-16-30)49-26-28-53-40(47)43-22-24-51-38(45)4-2/h3-20H,1-2,21-28H2,(H,42,46)(H,43,47). The number of fused-ring (bicyclic) bond motifs is 3. The monoisotopic (exact) mass is 720 g/mol. The second kappa shape index (κ2) is 18.6. The summed E-state index contributed by atoms with van der Waals surface area (Å²) in [6, 6.07) is 32.5. The van der Waals surface area contributed by atoms with Crippen molar-refractivity contribution < 1.29 is 47.6 Å². The minimum absolute atomic E-state index is 0.00906. The lowest BCUT2D eigenvalue weighted by Gasteiger charge is -2.34. The summed E-state index contributed by atoms with van der Waals surface area (Å²) >= 11 is 0. The van der Waals surface area contributed by atoms with Crippen molar-refractivity contribution in [3.8, 4) is 22.6 Å². The maximum absolute atomic E-state index is 11.9. The number of nitrogens with one attached hydrogen (secondary N) is 2. The van der Waals surface area contributed by atoms with Gasteiger partial charge < -0.3 is 39.1 Å². The van der Waals surface area contributed by atoms with E-state index in [0.29, 0.717) is 11.5 Å². The van der Waals surface area contributed by atoms with Gasteiger partial charge in [-0.15, -0.1) is 0 Å². The van der Waals surface area contributed by atoms with Crippen LogP contribution in [0.25, 0.3) is 11.1 Å². The fourth-order valence-electron chi connectivity index (χ4n) is 6.04. The normalized spacial score (nSPS) is 11.8. The third kappa shape index (κ3) is 9.41. The number of esters is 2. The lowest BCUT2D eigenvalue weighted by Crippen LogP contribution is -2.29.